The van der Waals surface area contributed by atoms with Gasteiger partial charge in [0, 0.05) is 18.6 Å². The maximum atomic E-state index is 12.7. The van der Waals surface area contributed by atoms with Crippen LogP contribution in [0.15, 0.2) is 18.2 Å². The second-order valence-corrected chi connectivity index (χ2v) is 7.73. The van der Waals surface area contributed by atoms with Crippen LogP contribution < -0.4 is 23.7 Å². The van der Waals surface area contributed by atoms with E-state index in [1.54, 1.807) is 28.4 Å². The van der Waals surface area contributed by atoms with Crippen LogP contribution in [0.5, 0.6) is 28.7 Å². The summed E-state index contributed by atoms with van der Waals surface area (Å²) in [6.45, 7) is 0.453. The van der Waals surface area contributed by atoms with Crippen molar-refractivity contribution >= 4 is 5.97 Å². The zero-order valence-electron chi connectivity index (χ0n) is 17.9. The highest BCUT2D eigenvalue weighted by Gasteiger charge is 2.46. The van der Waals surface area contributed by atoms with E-state index >= 15 is 0 Å². The predicted octanol–water partition coefficient (Wildman–Crippen LogP) is 3.14. The van der Waals surface area contributed by atoms with Crippen LogP contribution >= 0.6 is 0 Å². The summed E-state index contributed by atoms with van der Waals surface area (Å²) < 4.78 is 39.7. The van der Waals surface area contributed by atoms with Crippen molar-refractivity contribution in [2.24, 2.45) is 11.8 Å². The van der Waals surface area contributed by atoms with Crippen molar-refractivity contribution in [3.8, 4) is 39.9 Å². The molecule has 2 aromatic rings. The van der Waals surface area contributed by atoms with E-state index in [9.17, 15) is 4.79 Å². The van der Waals surface area contributed by atoms with Gasteiger partial charge in [0.25, 0.3) is 0 Å². The van der Waals surface area contributed by atoms with E-state index in [4.69, 9.17) is 33.2 Å². The minimum Gasteiger partial charge on any atom is -0.493 e. The summed E-state index contributed by atoms with van der Waals surface area (Å²) >= 11 is 0. The van der Waals surface area contributed by atoms with Crippen molar-refractivity contribution in [2.75, 3.05) is 41.8 Å². The van der Waals surface area contributed by atoms with Crippen LogP contribution in [-0.2, 0) is 20.7 Å². The van der Waals surface area contributed by atoms with Gasteiger partial charge < -0.3 is 33.2 Å². The molecule has 1 aliphatic carbocycles. The Bertz CT molecular complexity index is 1050. The van der Waals surface area contributed by atoms with Crippen molar-refractivity contribution < 1.29 is 38.0 Å². The molecule has 0 bridgehead atoms. The third kappa shape index (κ3) is 2.89. The highest BCUT2D eigenvalue weighted by molar-refractivity contribution is 5.85. The molecule has 2 aliphatic heterocycles. The maximum absolute atomic E-state index is 12.7. The van der Waals surface area contributed by atoms with Crippen LogP contribution in [0.2, 0.25) is 0 Å². The van der Waals surface area contributed by atoms with Crippen molar-refractivity contribution in [3.63, 3.8) is 0 Å². The van der Waals surface area contributed by atoms with Crippen LogP contribution in [0.4, 0.5) is 0 Å². The molecule has 0 radical (unpaired) electrons. The molecule has 0 spiro atoms. The third-order valence-electron chi connectivity index (χ3n) is 6.35. The Balaban J connectivity index is 1.86. The van der Waals surface area contributed by atoms with Crippen LogP contribution in [0.25, 0.3) is 11.1 Å². The molecular formula is C23H24O8. The fourth-order valence-electron chi connectivity index (χ4n) is 4.95. The molecule has 2 aromatic carbocycles. The lowest BCUT2D eigenvalue weighted by Crippen LogP contribution is -2.28. The van der Waals surface area contributed by atoms with Gasteiger partial charge in [0.15, 0.2) is 23.0 Å². The molecule has 3 aliphatic rings. The topological polar surface area (TPSA) is 81.7 Å². The van der Waals surface area contributed by atoms with Crippen LogP contribution in [0, 0.1) is 11.8 Å². The van der Waals surface area contributed by atoms with Gasteiger partial charge >= 0.3 is 5.97 Å². The highest BCUT2D eigenvalue weighted by atomic mass is 16.7. The number of hydrogen-bond donors (Lipinski definition) is 0. The molecule has 0 unspecified atom stereocenters. The molecule has 0 N–H and O–H groups in total. The number of benzene rings is 2. The summed E-state index contributed by atoms with van der Waals surface area (Å²) in [5.74, 6) is 2.11. The van der Waals surface area contributed by atoms with E-state index < -0.39 is 0 Å². The minimum atomic E-state index is -0.369. The summed E-state index contributed by atoms with van der Waals surface area (Å²) in [6.07, 6.45) is 0.0930. The predicted molar refractivity (Wildman–Crippen MR) is 109 cm³/mol. The van der Waals surface area contributed by atoms with E-state index in [1.807, 2.05) is 18.2 Å². The molecule has 31 heavy (non-hydrogen) atoms. The van der Waals surface area contributed by atoms with Gasteiger partial charge in [-0.3, -0.25) is 4.79 Å². The number of fused-ring (bicyclic) bond motifs is 5. The second-order valence-electron chi connectivity index (χ2n) is 7.73. The average molecular weight is 428 g/mol. The van der Waals surface area contributed by atoms with E-state index in [0.717, 1.165) is 22.3 Å². The standard InChI is InChI=1S/C23H24O8/c1-25-18-6-11-5-14-15(9-29-23(14)24)20(26-2)13-8-17-16(30-10-31-17)7-12(13)19(11)22(28-4)21(18)27-3/h6-8,14-15,20H,5,9-10H2,1-4H3/t14-,15+,20+/m1/s1. The third-order valence-corrected chi connectivity index (χ3v) is 6.35. The Hall–Kier alpha value is -3.13. The highest BCUT2D eigenvalue weighted by Crippen LogP contribution is 2.54. The number of ether oxygens (including phenoxy) is 7. The van der Waals surface area contributed by atoms with Crippen molar-refractivity contribution in [3.05, 3.63) is 29.3 Å². The summed E-state index contributed by atoms with van der Waals surface area (Å²) in [7, 11) is 6.38. The van der Waals surface area contributed by atoms with Crippen molar-refractivity contribution in [1.82, 2.24) is 0 Å². The van der Waals surface area contributed by atoms with Crippen molar-refractivity contribution in [2.45, 2.75) is 12.5 Å². The van der Waals surface area contributed by atoms with Gasteiger partial charge in [-0.25, -0.2) is 0 Å². The Morgan fingerprint density at radius 2 is 1.65 bits per heavy atom. The summed E-state index contributed by atoms with van der Waals surface area (Å²) in [5, 5.41) is 0. The second kappa shape index (κ2) is 7.53. The number of carbonyl (C=O) groups excluding carboxylic acids is 1. The Morgan fingerprint density at radius 1 is 0.903 bits per heavy atom. The molecule has 5 rings (SSSR count). The average Bonchev–Trinajstić information content (AvgIpc) is 3.38. The molecule has 2 heterocycles. The minimum absolute atomic E-state index is 0.135. The number of carbonyl (C=O) groups is 1. The first-order valence-electron chi connectivity index (χ1n) is 10.1. The molecule has 1 fully saturated rings. The first kappa shape index (κ1) is 19.8. The molecule has 0 amide bonds. The van der Waals surface area contributed by atoms with E-state index in [2.05, 4.69) is 0 Å². The maximum Gasteiger partial charge on any atom is 0.309 e. The number of methoxy groups -OCH3 is 4. The van der Waals surface area contributed by atoms with Gasteiger partial charge in [-0.1, -0.05) is 0 Å². The summed E-state index contributed by atoms with van der Waals surface area (Å²) in [6, 6.07) is 5.77. The fraction of sp³-hybridized carbons (Fsp3) is 0.435. The molecule has 3 atom stereocenters. The van der Waals surface area contributed by atoms with Crippen LogP contribution in [-0.4, -0.2) is 47.8 Å². The smallest absolute Gasteiger partial charge is 0.309 e. The molecule has 8 heteroatoms. The number of cyclic esters (lactones) is 1. The van der Waals surface area contributed by atoms with Crippen LogP contribution in [0.1, 0.15) is 17.2 Å². The SMILES string of the molecule is COc1cc2c(c(OC)c1OC)-c1cc3c(cc1[C@H](OC)[C@H]1COC(=O)[C@@H]1C2)OCO3. The zero-order valence-corrected chi connectivity index (χ0v) is 17.9. The first-order valence-corrected chi connectivity index (χ1v) is 10.1. The molecule has 0 aromatic heterocycles. The summed E-state index contributed by atoms with van der Waals surface area (Å²) in [4.78, 5) is 12.7. The largest absolute Gasteiger partial charge is 0.493 e. The lowest BCUT2D eigenvalue weighted by atomic mass is 9.76. The quantitative estimate of drug-likeness (QED) is 0.687. The number of rotatable bonds is 4. The van der Waals surface area contributed by atoms with E-state index in [-0.39, 0.29) is 30.7 Å². The Labute approximate surface area is 179 Å². The number of esters is 1. The molecule has 8 nitrogen and oxygen atoms in total. The monoisotopic (exact) mass is 428 g/mol. The van der Waals surface area contributed by atoms with Gasteiger partial charge in [0.05, 0.1) is 40.0 Å². The number of hydrogen-bond acceptors (Lipinski definition) is 8. The van der Waals surface area contributed by atoms with E-state index in [1.165, 1.54) is 0 Å². The lowest BCUT2D eigenvalue weighted by molar-refractivity contribution is -0.141. The fourth-order valence-corrected chi connectivity index (χ4v) is 4.95. The van der Waals surface area contributed by atoms with Gasteiger partial charge in [0.1, 0.15) is 0 Å². The van der Waals surface area contributed by atoms with Gasteiger partial charge in [-0.2, -0.15) is 0 Å². The Morgan fingerprint density at radius 3 is 2.32 bits per heavy atom. The molecular weight excluding hydrogens is 404 g/mol. The zero-order chi connectivity index (χ0) is 21.7. The molecule has 164 valence electrons. The van der Waals surface area contributed by atoms with Crippen LogP contribution in [0.3, 0.4) is 0 Å². The normalized spacial score (nSPS) is 23.1. The molecule has 1 saturated heterocycles. The molecule has 0 saturated carbocycles. The Kier molecular flexibility index (Phi) is 4.81. The lowest BCUT2D eigenvalue weighted by Gasteiger charge is -2.31. The van der Waals surface area contributed by atoms with Crippen molar-refractivity contribution in [1.29, 1.82) is 0 Å². The van der Waals surface area contributed by atoms with Gasteiger partial charge in [-0.15, -0.1) is 0 Å². The van der Waals surface area contributed by atoms with Gasteiger partial charge in [-0.05, 0) is 41.3 Å². The summed E-state index contributed by atoms with van der Waals surface area (Å²) in [5.41, 5.74) is 3.47. The first-order chi connectivity index (χ1) is 15.1. The van der Waals surface area contributed by atoms with Gasteiger partial charge in [0.2, 0.25) is 12.5 Å². The van der Waals surface area contributed by atoms with E-state index in [0.29, 0.717) is 41.8 Å².